The van der Waals surface area contributed by atoms with Crippen LogP contribution in [0.1, 0.15) is 19.3 Å². The summed E-state index contributed by atoms with van der Waals surface area (Å²) in [6, 6.07) is 0. The van der Waals surface area contributed by atoms with E-state index in [9.17, 15) is 5.11 Å². The van der Waals surface area contributed by atoms with E-state index in [0.29, 0.717) is 0 Å². The molecular formula is C7H14KNO. The Hall–Kier alpha value is 1.56. The second-order valence-corrected chi connectivity index (χ2v) is 2.71. The third-order valence-electron chi connectivity index (χ3n) is 1.92. The van der Waals surface area contributed by atoms with E-state index in [4.69, 9.17) is 0 Å². The van der Waals surface area contributed by atoms with Crippen LogP contribution in [0.3, 0.4) is 0 Å². The minimum atomic E-state index is 0. The number of hydrogen-bond donors (Lipinski definition) is 1. The van der Waals surface area contributed by atoms with E-state index in [-0.39, 0.29) is 58.0 Å². The average Bonchev–Trinajstić information content (AvgIpc) is 2.34. The Balaban J connectivity index is 0.000000810. The molecule has 1 aliphatic heterocycles. The standard InChI is InChI=1S/C7H14NO.K/c9-5-1-2-7-3-4-8-6-7;/h7-8H,1-6H2;/q-1;+1/t7-;/m0./s1. The van der Waals surface area contributed by atoms with Gasteiger partial charge >= 0.3 is 51.4 Å². The maximum atomic E-state index is 10.1. The fraction of sp³-hybridized carbons (Fsp3) is 1.00. The van der Waals surface area contributed by atoms with Gasteiger partial charge in [0.25, 0.3) is 0 Å². The summed E-state index contributed by atoms with van der Waals surface area (Å²) >= 11 is 0. The van der Waals surface area contributed by atoms with Gasteiger partial charge in [-0.05, 0) is 25.4 Å². The van der Waals surface area contributed by atoms with Crippen LogP contribution >= 0.6 is 0 Å². The van der Waals surface area contributed by atoms with Crippen molar-refractivity contribution in [3.05, 3.63) is 0 Å². The van der Waals surface area contributed by atoms with Crippen molar-refractivity contribution in [1.82, 2.24) is 5.32 Å². The van der Waals surface area contributed by atoms with Gasteiger partial charge in [-0.3, -0.25) is 0 Å². The molecule has 0 aromatic heterocycles. The summed E-state index contributed by atoms with van der Waals surface area (Å²) in [6.07, 6.45) is 3.28. The molecule has 1 fully saturated rings. The van der Waals surface area contributed by atoms with Gasteiger partial charge in [0, 0.05) is 0 Å². The monoisotopic (exact) mass is 167 g/mol. The molecule has 1 aliphatic rings. The molecule has 0 aliphatic carbocycles. The molecule has 0 unspecified atom stereocenters. The molecule has 1 atom stereocenters. The first-order valence-electron chi connectivity index (χ1n) is 3.72. The van der Waals surface area contributed by atoms with Gasteiger partial charge in [-0.25, -0.2) is 0 Å². The summed E-state index contributed by atoms with van der Waals surface area (Å²) in [5.41, 5.74) is 0. The minimum absolute atomic E-state index is 0. The van der Waals surface area contributed by atoms with E-state index < -0.39 is 0 Å². The summed E-state index contributed by atoms with van der Waals surface area (Å²) in [5.74, 6) is 0.805. The molecular weight excluding hydrogens is 153 g/mol. The van der Waals surface area contributed by atoms with E-state index in [1.54, 1.807) is 0 Å². The largest absolute Gasteiger partial charge is 1.00 e. The molecule has 1 saturated heterocycles. The zero-order chi connectivity index (χ0) is 6.53. The van der Waals surface area contributed by atoms with Gasteiger partial charge < -0.3 is 10.4 Å². The Kier molecular flexibility index (Phi) is 8.34. The first kappa shape index (κ1) is 11.6. The van der Waals surface area contributed by atoms with Gasteiger partial charge in [0.2, 0.25) is 0 Å². The van der Waals surface area contributed by atoms with Crippen LogP contribution < -0.4 is 61.8 Å². The summed E-state index contributed by atoms with van der Waals surface area (Å²) in [7, 11) is 0. The van der Waals surface area contributed by atoms with Crippen molar-refractivity contribution in [3.63, 3.8) is 0 Å². The molecule has 0 saturated carbocycles. The van der Waals surface area contributed by atoms with E-state index in [0.717, 1.165) is 31.8 Å². The summed E-state index contributed by atoms with van der Waals surface area (Å²) in [5, 5.41) is 13.3. The molecule has 54 valence electrons. The number of rotatable bonds is 3. The van der Waals surface area contributed by atoms with Crippen molar-refractivity contribution in [2.24, 2.45) is 5.92 Å². The fourth-order valence-electron chi connectivity index (χ4n) is 1.33. The average molecular weight is 167 g/mol. The Morgan fingerprint density at radius 3 is 2.80 bits per heavy atom. The molecule has 0 aromatic rings. The molecule has 0 amide bonds. The van der Waals surface area contributed by atoms with Crippen molar-refractivity contribution in [1.29, 1.82) is 0 Å². The molecule has 0 radical (unpaired) electrons. The second kappa shape index (κ2) is 7.22. The minimum Gasteiger partial charge on any atom is -0.854 e. The summed E-state index contributed by atoms with van der Waals surface area (Å²) in [6.45, 7) is 2.40. The fourth-order valence-corrected chi connectivity index (χ4v) is 1.33. The van der Waals surface area contributed by atoms with Crippen LogP contribution in [0.2, 0.25) is 0 Å². The molecule has 3 heteroatoms. The molecule has 1 rings (SSSR count). The Labute approximate surface area is 105 Å². The van der Waals surface area contributed by atoms with Gasteiger partial charge in [0.1, 0.15) is 0 Å². The smallest absolute Gasteiger partial charge is 0.854 e. The van der Waals surface area contributed by atoms with Crippen LogP contribution in [0.4, 0.5) is 0 Å². The molecule has 10 heavy (non-hydrogen) atoms. The van der Waals surface area contributed by atoms with Crippen LogP contribution in [-0.2, 0) is 0 Å². The SMILES string of the molecule is [K+].[O-]CCC[C@H]1CCNC1. The van der Waals surface area contributed by atoms with Gasteiger partial charge in [-0.15, -0.1) is 6.61 Å². The Bertz CT molecular complexity index is 74.0. The molecule has 0 aromatic carbocycles. The van der Waals surface area contributed by atoms with Crippen molar-refractivity contribution >= 4 is 0 Å². The normalized spacial score (nSPS) is 24.3. The van der Waals surface area contributed by atoms with E-state index >= 15 is 0 Å². The molecule has 0 spiro atoms. The predicted molar refractivity (Wildman–Crippen MR) is 35.1 cm³/mol. The van der Waals surface area contributed by atoms with Gasteiger partial charge in [0.05, 0.1) is 0 Å². The quantitative estimate of drug-likeness (QED) is 0.448. The Morgan fingerprint density at radius 2 is 2.30 bits per heavy atom. The second-order valence-electron chi connectivity index (χ2n) is 2.71. The van der Waals surface area contributed by atoms with Crippen LogP contribution in [0.15, 0.2) is 0 Å². The topological polar surface area (TPSA) is 35.1 Å². The van der Waals surface area contributed by atoms with Gasteiger partial charge in [0.15, 0.2) is 0 Å². The van der Waals surface area contributed by atoms with Crippen LogP contribution in [0.25, 0.3) is 0 Å². The van der Waals surface area contributed by atoms with E-state index in [1.165, 1.54) is 6.42 Å². The van der Waals surface area contributed by atoms with Crippen molar-refractivity contribution in [2.75, 3.05) is 19.7 Å². The summed E-state index contributed by atoms with van der Waals surface area (Å²) in [4.78, 5) is 0. The van der Waals surface area contributed by atoms with E-state index in [2.05, 4.69) is 5.32 Å². The zero-order valence-electron chi connectivity index (χ0n) is 6.73. The molecule has 0 bridgehead atoms. The molecule has 1 N–H and O–H groups in total. The van der Waals surface area contributed by atoms with Crippen molar-refractivity contribution in [3.8, 4) is 0 Å². The van der Waals surface area contributed by atoms with Gasteiger partial charge in [-0.1, -0.05) is 12.8 Å². The molecule has 2 nitrogen and oxygen atoms in total. The Morgan fingerprint density at radius 1 is 1.50 bits per heavy atom. The first-order valence-corrected chi connectivity index (χ1v) is 3.72. The van der Waals surface area contributed by atoms with Crippen LogP contribution in [-0.4, -0.2) is 19.7 Å². The third-order valence-corrected chi connectivity index (χ3v) is 1.92. The van der Waals surface area contributed by atoms with Crippen LogP contribution in [0, 0.1) is 5.92 Å². The predicted octanol–water partition coefficient (Wildman–Crippen LogP) is -3.26. The first-order chi connectivity index (χ1) is 4.43. The maximum Gasteiger partial charge on any atom is 1.00 e. The number of nitrogens with one attached hydrogen (secondary N) is 1. The maximum absolute atomic E-state index is 10.1. The summed E-state index contributed by atoms with van der Waals surface area (Å²) < 4.78 is 0. The third kappa shape index (κ3) is 4.44. The zero-order valence-corrected chi connectivity index (χ0v) is 9.85. The van der Waals surface area contributed by atoms with E-state index in [1.807, 2.05) is 0 Å². The van der Waals surface area contributed by atoms with Gasteiger partial charge in [-0.2, -0.15) is 0 Å². The van der Waals surface area contributed by atoms with Crippen LogP contribution in [0.5, 0.6) is 0 Å². The molecule has 1 heterocycles. The number of hydrogen-bond acceptors (Lipinski definition) is 2. The van der Waals surface area contributed by atoms with Crippen molar-refractivity contribution < 1.29 is 56.5 Å². The van der Waals surface area contributed by atoms with Crippen molar-refractivity contribution in [2.45, 2.75) is 19.3 Å².